The van der Waals surface area contributed by atoms with E-state index in [1.165, 1.54) is 11.3 Å². The van der Waals surface area contributed by atoms with Gasteiger partial charge < -0.3 is 19.1 Å². The molecule has 1 saturated heterocycles. The van der Waals surface area contributed by atoms with Crippen molar-refractivity contribution in [1.82, 2.24) is 9.88 Å². The summed E-state index contributed by atoms with van der Waals surface area (Å²) in [6.45, 7) is 6.15. The first-order chi connectivity index (χ1) is 15.1. The van der Waals surface area contributed by atoms with E-state index in [1.54, 1.807) is 18.2 Å². The molecule has 164 valence electrons. The Kier molecular flexibility index (Phi) is 6.83. The molecule has 0 bridgehead atoms. The Morgan fingerprint density at radius 2 is 1.87 bits per heavy atom. The van der Waals surface area contributed by atoms with Gasteiger partial charge in [0.15, 0.2) is 11.5 Å². The molecular weight excluding hydrogens is 436 g/mol. The largest absolute Gasteiger partial charge is 0.490 e. The SMILES string of the molecule is CCOc1ccc(C(=O)N2CCC(Oc3nc4c(Cl)cccc4s3)CC2)cc1OCC. The Labute approximate surface area is 190 Å². The average molecular weight is 461 g/mol. The van der Waals surface area contributed by atoms with Crippen LogP contribution in [0.1, 0.15) is 37.0 Å². The number of carbonyl (C=O) groups is 1. The number of piperidine rings is 1. The van der Waals surface area contributed by atoms with Crippen molar-refractivity contribution in [2.45, 2.75) is 32.8 Å². The van der Waals surface area contributed by atoms with Crippen LogP contribution in [0.5, 0.6) is 16.7 Å². The maximum Gasteiger partial charge on any atom is 0.274 e. The quantitative estimate of drug-likeness (QED) is 0.470. The molecule has 4 rings (SSSR count). The van der Waals surface area contributed by atoms with Gasteiger partial charge in [-0.1, -0.05) is 29.0 Å². The van der Waals surface area contributed by atoms with Gasteiger partial charge in [0, 0.05) is 31.5 Å². The van der Waals surface area contributed by atoms with Gasteiger partial charge >= 0.3 is 0 Å². The lowest BCUT2D eigenvalue weighted by Gasteiger charge is -2.31. The van der Waals surface area contributed by atoms with E-state index in [2.05, 4.69) is 4.98 Å². The summed E-state index contributed by atoms with van der Waals surface area (Å²) in [7, 11) is 0. The molecule has 1 aromatic heterocycles. The zero-order valence-corrected chi connectivity index (χ0v) is 19.2. The Morgan fingerprint density at radius 3 is 2.58 bits per heavy atom. The molecule has 0 saturated carbocycles. The van der Waals surface area contributed by atoms with E-state index >= 15 is 0 Å². The molecule has 1 aliphatic heterocycles. The van der Waals surface area contributed by atoms with Crippen LogP contribution < -0.4 is 14.2 Å². The predicted molar refractivity (Wildman–Crippen MR) is 123 cm³/mol. The van der Waals surface area contributed by atoms with Crippen LogP contribution in [0, 0.1) is 0 Å². The van der Waals surface area contributed by atoms with Gasteiger partial charge in [-0.25, -0.2) is 4.98 Å². The van der Waals surface area contributed by atoms with Gasteiger partial charge in [0.05, 0.1) is 22.9 Å². The fourth-order valence-corrected chi connectivity index (χ4v) is 4.81. The molecule has 0 aliphatic carbocycles. The number of ether oxygens (including phenoxy) is 3. The molecule has 0 unspecified atom stereocenters. The van der Waals surface area contributed by atoms with Crippen molar-refractivity contribution in [3.63, 3.8) is 0 Å². The normalized spacial score (nSPS) is 14.6. The van der Waals surface area contributed by atoms with Crippen LogP contribution in [0.4, 0.5) is 0 Å². The third-order valence-electron chi connectivity index (χ3n) is 5.14. The highest BCUT2D eigenvalue weighted by Gasteiger charge is 2.26. The maximum absolute atomic E-state index is 13.0. The lowest BCUT2D eigenvalue weighted by molar-refractivity contribution is 0.0595. The van der Waals surface area contributed by atoms with Crippen LogP contribution in [0.3, 0.4) is 0 Å². The summed E-state index contributed by atoms with van der Waals surface area (Å²) in [5.74, 6) is 1.25. The van der Waals surface area contributed by atoms with Crippen molar-refractivity contribution in [2.75, 3.05) is 26.3 Å². The van der Waals surface area contributed by atoms with E-state index in [0.29, 0.717) is 53.6 Å². The molecule has 6 nitrogen and oxygen atoms in total. The van der Waals surface area contributed by atoms with Crippen LogP contribution in [-0.2, 0) is 0 Å². The maximum atomic E-state index is 13.0. The summed E-state index contributed by atoms with van der Waals surface area (Å²) in [5.41, 5.74) is 1.38. The Morgan fingerprint density at radius 1 is 1.13 bits per heavy atom. The van der Waals surface area contributed by atoms with Gasteiger partial charge in [-0.2, -0.15) is 0 Å². The van der Waals surface area contributed by atoms with Gasteiger partial charge in [-0.05, 0) is 44.2 Å². The number of benzene rings is 2. The number of halogens is 1. The van der Waals surface area contributed by atoms with Crippen molar-refractivity contribution in [1.29, 1.82) is 0 Å². The second-order valence-corrected chi connectivity index (χ2v) is 8.60. The van der Waals surface area contributed by atoms with Gasteiger partial charge in [0.2, 0.25) is 0 Å². The molecule has 8 heteroatoms. The fraction of sp³-hybridized carbons (Fsp3) is 0.391. The molecule has 0 radical (unpaired) electrons. The van der Waals surface area contributed by atoms with Gasteiger partial charge in [0.25, 0.3) is 11.1 Å². The minimum absolute atomic E-state index is 0.00535. The first kappa shape index (κ1) is 21.7. The second kappa shape index (κ2) is 9.75. The molecule has 2 aromatic carbocycles. The summed E-state index contributed by atoms with van der Waals surface area (Å²) in [4.78, 5) is 19.4. The predicted octanol–water partition coefficient (Wildman–Crippen LogP) is 5.43. The highest BCUT2D eigenvalue weighted by Crippen LogP contribution is 2.34. The monoisotopic (exact) mass is 460 g/mol. The second-order valence-electron chi connectivity index (χ2n) is 7.20. The Balaban J connectivity index is 1.38. The number of carbonyl (C=O) groups excluding carboxylic acids is 1. The molecule has 31 heavy (non-hydrogen) atoms. The fourth-order valence-electron chi connectivity index (χ4n) is 3.63. The number of thiazole rings is 1. The van der Waals surface area contributed by atoms with E-state index < -0.39 is 0 Å². The van der Waals surface area contributed by atoms with E-state index in [4.69, 9.17) is 25.8 Å². The van der Waals surface area contributed by atoms with E-state index in [-0.39, 0.29) is 12.0 Å². The van der Waals surface area contributed by atoms with E-state index in [9.17, 15) is 4.79 Å². The van der Waals surface area contributed by atoms with Crippen molar-refractivity contribution in [3.8, 4) is 16.7 Å². The number of hydrogen-bond donors (Lipinski definition) is 0. The minimum atomic E-state index is -0.00535. The molecule has 0 spiro atoms. The third kappa shape index (κ3) is 4.88. The van der Waals surface area contributed by atoms with Crippen molar-refractivity contribution in [3.05, 3.63) is 47.0 Å². The number of likely N-dealkylation sites (tertiary alicyclic amines) is 1. The number of hydrogen-bond acceptors (Lipinski definition) is 6. The third-order valence-corrected chi connectivity index (χ3v) is 6.35. The highest BCUT2D eigenvalue weighted by atomic mass is 35.5. The lowest BCUT2D eigenvalue weighted by Crippen LogP contribution is -2.41. The lowest BCUT2D eigenvalue weighted by atomic mass is 10.1. The van der Waals surface area contributed by atoms with Crippen molar-refractivity contribution >= 4 is 39.1 Å². The van der Waals surface area contributed by atoms with Crippen LogP contribution >= 0.6 is 22.9 Å². The molecular formula is C23H25ClN2O4S. The molecule has 2 heterocycles. The average Bonchev–Trinajstić information content (AvgIpc) is 3.19. The van der Waals surface area contributed by atoms with Crippen molar-refractivity contribution < 1.29 is 19.0 Å². The van der Waals surface area contributed by atoms with E-state index in [1.807, 2.05) is 36.9 Å². The zero-order chi connectivity index (χ0) is 21.8. The van der Waals surface area contributed by atoms with Crippen LogP contribution in [0.2, 0.25) is 5.02 Å². The standard InChI is InChI=1S/C23H25ClN2O4S/c1-3-28-18-9-8-15(14-19(18)29-4-2)22(27)26-12-10-16(11-13-26)30-23-25-21-17(24)6-5-7-20(21)31-23/h5-9,14,16H,3-4,10-13H2,1-2H3. The topological polar surface area (TPSA) is 60.9 Å². The summed E-state index contributed by atoms with van der Waals surface area (Å²) in [5, 5.41) is 1.26. The molecule has 0 atom stereocenters. The zero-order valence-electron chi connectivity index (χ0n) is 17.6. The summed E-state index contributed by atoms with van der Waals surface area (Å²) in [6, 6.07) is 11.1. The molecule has 1 fully saturated rings. The van der Waals surface area contributed by atoms with Gasteiger partial charge in [-0.15, -0.1) is 0 Å². The Bertz CT molecular complexity index is 1060. The van der Waals surface area contributed by atoms with Gasteiger partial charge in [-0.3, -0.25) is 4.79 Å². The molecule has 1 amide bonds. The first-order valence-corrected chi connectivity index (χ1v) is 11.7. The highest BCUT2D eigenvalue weighted by molar-refractivity contribution is 7.20. The minimum Gasteiger partial charge on any atom is -0.490 e. The number of nitrogens with zero attached hydrogens (tertiary/aromatic N) is 2. The van der Waals surface area contributed by atoms with Crippen LogP contribution in [0.15, 0.2) is 36.4 Å². The summed E-state index contributed by atoms with van der Waals surface area (Å²) >= 11 is 7.71. The smallest absolute Gasteiger partial charge is 0.274 e. The number of rotatable bonds is 7. The Hall–Kier alpha value is -2.51. The summed E-state index contributed by atoms with van der Waals surface area (Å²) < 4.78 is 18.4. The van der Waals surface area contributed by atoms with Crippen molar-refractivity contribution in [2.24, 2.45) is 0 Å². The molecule has 3 aromatic rings. The molecule has 1 aliphatic rings. The molecule has 0 N–H and O–H groups in total. The summed E-state index contributed by atoms with van der Waals surface area (Å²) in [6.07, 6.45) is 1.54. The number of aromatic nitrogens is 1. The van der Waals surface area contributed by atoms with Gasteiger partial charge in [0.1, 0.15) is 11.6 Å². The van der Waals surface area contributed by atoms with Crippen LogP contribution in [0.25, 0.3) is 10.2 Å². The van der Waals surface area contributed by atoms with E-state index in [0.717, 1.165) is 23.1 Å². The number of para-hydroxylation sites is 1. The first-order valence-electron chi connectivity index (χ1n) is 10.5. The number of amides is 1. The number of fused-ring (bicyclic) bond motifs is 1. The van der Waals surface area contributed by atoms with Crippen LogP contribution in [-0.4, -0.2) is 48.2 Å².